The molecular formula is C23H22ClNO4. The lowest BCUT2D eigenvalue weighted by molar-refractivity contribution is -0.941. The van der Waals surface area contributed by atoms with Crippen LogP contribution in [0.15, 0.2) is 78.9 Å². The highest BCUT2D eigenvalue weighted by molar-refractivity contribution is 5.87. The number of rotatable bonds is 8. The molecule has 3 aromatic rings. The van der Waals surface area contributed by atoms with Gasteiger partial charge in [-0.1, -0.05) is 54.6 Å². The Hall–Kier alpha value is -3.15. The van der Waals surface area contributed by atoms with Crippen LogP contribution in [0.3, 0.4) is 0 Å². The van der Waals surface area contributed by atoms with Gasteiger partial charge in [0, 0.05) is 16.7 Å². The molecule has 29 heavy (non-hydrogen) atoms. The summed E-state index contributed by atoms with van der Waals surface area (Å²) in [6, 6.07) is 24.1. The summed E-state index contributed by atoms with van der Waals surface area (Å²) in [5.41, 5.74) is 3.87. The molecule has 0 bridgehead atoms. The average Bonchev–Trinajstić information content (AvgIpc) is 2.69. The first-order valence-corrected chi connectivity index (χ1v) is 9.03. The lowest BCUT2D eigenvalue weighted by Crippen LogP contribution is -3.08. The van der Waals surface area contributed by atoms with Crippen LogP contribution in [0.1, 0.15) is 37.4 Å². The number of carbonyl (C=O) groups is 2. The van der Waals surface area contributed by atoms with Gasteiger partial charge in [-0.3, -0.25) is 0 Å². The number of hydrogen-bond donors (Lipinski definition) is 3. The Morgan fingerprint density at radius 1 is 0.586 bits per heavy atom. The van der Waals surface area contributed by atoms with Crippen LogP contribution in [0, 0.1) is 0 Å². The molecule has 0 radical (unpaired) electrons. The topological polar surface area (TPSA) is 79.0 Å². The number of carboxylic acids is 2. The summed E-state index contributed by atoms with van der Waals surface area (Å²) < 4.78 is 0. The molecule has 0 fully saturated rings. The smallest absolute Gasteiger partial charge is 0.335 e. The molecular weight excluding hydrogens is 390 g/mol. The summed E-state index contributed by atoms with van der Waals surface area (Å²) in [4.78, 5) is 23.4. The fourth-order valence-corrected chi connectivity index (χ4v) is 3.18. The van der Waals surface area contributed by atoms with Gasteiger partial charge in [-0.15, -0.1) is 0 Å². The van der Waals surface area contributed by atoms with Gasteiger partial charge < -0.3 is 27.5 Å². The summed E-state index contributed by atoms with van der Waals surface area (Å²) >= 11 is 0. The van der Waals surface area contributed by atoms with E-state index < -0.39 is 11.9 Å². The molecule has 3 rings (SSSR count). The first-order chi connectivity index (χ1) is 13.5. The summed E-state index contributed by atoms with van der Waals surface area (Å²) in [7, 11) is 0. The number of aromatic carboxylic acids is 2. The number of benzene rings is 3. The Kier molecular flexibility index (Phi) is 7.95. The van der Waals surface area contributed by atoms with Gasteiger partial charge in [0.2, 0.25) is 0 Å². The minimum atomic E-state index is -0.932. The van der Waals surface area contributed by atoms with Crippen molar-refractivity contribution in [2.45, 2.75) is 19.6 Å². The van der Waals surface area contributed by atoms with Crippen molar-refractivity contribution in [1.82, 2.24) is 0 Å². The molecule has 3 N–H and O–H groups in total. The van der Waals surface area contributed by atoms with Crippen LogP contribution in [0.4, 0.5) is 0 Å². The van der Waals surface area contributed by atoms with Gasteiger partial charge in [-0.25, -0.2) is 9.59 Å². The van der Waals surface area contributed by atoms with E-state index in [0.717, 1.165) is 30.8 Å². The Morgan fingerprint density at radius 3 is 1.28 bits per heavy atom. The zero-order chi connectivity index (χ0) is 19.9. The molecule has 0 unspecified atom stereocenters. The minimum absolute atomic E-state index is 0. The highest BCUT2D eigenvalue weighted by Crippen LogP contribution is 2.06. The van der Waals surface area contributed by atoms with Gasteiger partial charge in [0.1, 0.15) is 19.6 Å². The fourth-order valence-electron chi connectivity index (χ4n) is 3.18. The standard InChI is InChI=1S/C23H21NO4.ClH/c25-22(26)20-10-6-18(7-11-20)15-24(14-17-4-2-1-3-5-17)16-19-8-12-21(13-9-19)23(27)28;/h1-13H,14-16H2,(H,25,26)(H,27,28);1H. The van der Waals surface area contributed by atoms with Gasteiger partial charge in [-0.05, 0) is 24.3 Å². The Morgan fingerprint density at radius 2 is 0.931 bits per heavy atom. The molecule has 3 aromatic carbocycles. The van der Waals surface area contributed by atoms with Crippen molar-refractivity contribution >= 4 is 11.9 Å². The van der Waals surface area contributed by atoms with Crippen LogP contribution < -0.4 is 17.3 Å². The highest BCUT2D eigenvalue weighted by Gasteiger charge is 2.13. The van der Waals surface area contributed by atoms with E-state index in [-0.39, 0.29) is 23.5 Å². The average molecular weight is 412 g/mol. The van der Waals surface area contributed by atoms with Crippen molar-refractivity contribution in [3.05, 3.63) is 107 Å². The summed E-state index contributed by atoms with van der Waals surface area (Å²) in [6.45, 7) is 2.27. The van der Waals surface area contributed by atoms with Gasteiger partial charge in [0.25, 0.3) is 0 Å². The Labute approximate surface area is 175 Å². The number of halogens is 1. The number of quaternary nitrogens is 1. The summed E-state index contributed by atoms with van der Waals surface area (Å²) in [6.07, 6.45) is 0. The van der Waals surface area contributed by atoms with E-state index in [4.69, 9.17) is 10.2 Å². The third-order valence-electron chi connectivity index (χ3n) is 4.61. The van der Waals surface area contributed by atoms with E-state index >= 15 is 0 Å². The zero-order valence-corrected chi connectivity index (χ0v) is 16.5. The molecule has 5 nitrogen and oxygen atoms in total. The molecule has 0 aliphatic carbocycles. The molecule has 0 heterocycles. The third-order valence-corrected chi connectivity index (χ3v) is 4.61. The van der Waals surface area contributed by atoms with Crippen LogP contribution in [0.5, 0.6) is 0 Å². The second-order valence-corrected chi connectivity index (χ2v) is 6.77. The first kappa shape index (κ1) is 22.1. The van der Waals surface area contributed by atoms with Crippen LogP contribution in [0.25, 0.3) is 0 Å². The van der Waals surface area contributed by atoms with E-state index in [1.54, 1.807) is 24.3 Å². The van der Waals surface area contributed by atoms with E-state index in [9.17, 15) is 9.59 Å². The van der Waals surface area contributed by atoms with Crippen LogP contribution in [-0.4, -0.2) is 22.2 Å². The number of nitrogens with one attached hydrogen (secondary N) is 1. The maximum absolute atomic E-state index is 11.0. The van der Waals surface area contributed by atoms with Gasteiger partial charge in [0.15, 0.2) is 0 Å². The maximum atomic E-state index is 11.0. The predicted octanol–water partition coefficient (Wildman–Crippen LogP) is -0.128. The summed E-state index contributed by atoms with van der Waals surface area (Å²) in [5, 5.41) is 18.1. The molecule has 0 amide bonds. The number of hydrogen-bond acceptors (Lipinski definition) is 2. The quantitative estimate of drug-likeness (QED) is 0.482. The van der Waals surface area contributed by atoms with Crippen LogP contribution in [-0.2, 0) is 19.6 Å². The molecule has 0 atom stereocenters. The zero-order valence-electron chi connectivity index (χ0n) is 15.7. The first-order valence-electron chi connectivity index (χ1n) is 9.03. The van der Waals surface area contributed by atoms with Crippen molar-refractivity contribution in [1.29, 1.82) is 0 Å². The molecule has 6 heteroatoms. The second kappa shape index (κ2) is 10.4. The van der Waals surface area contributed by atoms with Crippen molar-refractivity contribution in [2.24, 2.45) is 0 Å². The maximum Gasteiger partial charge on any atom is 0.335 e. The van der Waals surface area contributed by atoms with Gasteiger partial charge in [-0.2, -0.15) is 0 Å². The molecule has 0 spiro atoms. The largest absolute Gasteiger partial charge is 1.00 e. The lowest BCUT2D eigenvalue weighted by Gasteiger charge is -2.20. The molecule has 0 aromatic heterocycles. The molecule has 150 valence electrons. The molecule has 0 saturated carbocycles. The van der Waals surface area contributed by atoms with Crippen molar-refractivity contribution in [2.75, 3.05) is 0 Å². The highest BCUT2D eigenvalue weighted by atomic mass is 35.5. The molecule has 0 aliphatic rings. The fraction of sp³-hybridized carbons (Fsp3) is 0.130. The molecule has 0 saturated heterocycles. The second-order valence-electron chi connectivity index (χ2n) is 6.77. The van der Waals surface area contributed by atoms with Crippen LogP contribution in [0.2, 0.25) is 0 Å². The van der Waals surface area contributed by atoms with E-state index in [1.165, 1.54) is 10.5 Å². The normalized spacial score (nSPS) is 10.4. The number of carboxylic acid groups (broad SMARTS) is 2. The van der Waals surface area contributed by atoms with Gasteiger partial charge >= 0.3 is 11.9 Å². The van der Waals surface area contributed by atoms with E-state index in [2.05, 4.69) is 12.1 Å². The monoisotopic (exact) mass is 411 g/mol. The Balaban J connectivity index is 0.00000300. The summed E-state index contributed by atoms with van der Waals surface area (Å²) in [5.74, 6) is -1.86. The Bertz CT molecular complexity index is 881. The van der Waals surface area contributed by atoms with Crippen molar-refractivity contribution in [3.63, 3.8) is 0 Å². The van der Waals surface area contributed by atoms with Crippen LogP contribution >= 0.6 is 0 Å². The predicted molar refractivity (Wildman–Crippen MR) is 105 cm³/mol. The van der Waals surface area contributed by atoms with Gasteiger partial charge in [0.05, 0.1) is 11.1 Å². The van der Waals surface area contributed by atoms with E-state index in [0.29, 0.717) is 0 Å². The van der Waals surface area contributed by atoms with Crippen molar-refractivity contribution < 1.29 is 37.1 Å². The SMILES string of the molecule is O=C(O)c1ccc(C[NH+](Cc2ccccc2)Cc2ccc(C(=O)O)cc2)cc1.[Cl-]. The molecule has 0 aliphatic heterocycles. The lowest BCUT2D eigenvalue weighted by atomic mass is 10.1. The minimum Gasteiger partial charge on any atom is -1.00 e. The van der Waals surface area contributed by atoms with E-state index in [1.807, 2.05) is 42.5 Å². The third kappa shape index (κ3) is 6.45. The van der Waals surface area contributed by atoms with Crippen molar-refractivity contribution in [3.8, 4) is 0 Å².